The van der Waals surface area contributed by atoms with Crippen molar-refractivity contribution >= 4 is 23.8 Å². The van der Waals surface area contributed by atoms with Crippen LogP contribution < -0.4 is 5.69 Å². The van der Waals surface area contributed by atoms with Gasteiger partial charge in [0.2, 0.25) is 4.77 Å². The van der Waals surface area contributed by atoms with Crippen LogP contribution in [0, 0.1) is 17.5 Å². The lowest BCUT2D eigenvalue weighted by molar-refractivity contribution is -0.220. The minimum Gasteiger partial charge on any atom is -0.252 e. The van der Waals surface area contributed by atoms with E-state index < -0.39 is 27.3 Å². The maximum Gasteiger partial charge on any atom is 0.507 e. The predicted molar refractivity (Wildman–Crippen MR) is 70.8 cm³/mol. The molecule has 0 aliphatic heterocycles. The maximum absolute atomic E-state index is 13.9. The summed E-state index contributed by atoms with van der Waals surface area (Å²) < 4.78 is 52.3. The molecule has 10 heteroatoms. The first-order chi connectivity index (χ1) is 9.55. The van der Waals surface area contributed by atoms with Gasteiger partial charge in [0.25, 0.3) is 0 Å². The Balaban J connectivity index is 2.88. The van der Waals surface area contributed by atoms with Crippen molar-refractivity contribution in [3.8, 4) is 5.69 Å². The number of aryl methyl sites for hydroxylation is 1. The summed E-state index contributed by atoms with van der Waals surface area (Å²) in [5.41, 5.74) is -1.49. The number of benzene rings is 1. The van der Waals surface area contributed by atoms with Crippen LogP contribution in [0.2, 0.25) is 5.02 Å². The molecule has 0 saturated heterocycles. The molecule has 0 radical (unpaired) electrons. The van der Waals surface area contributed by atoms with Crippen LogP contribution in [0.15, 0.2) is 16.9 Å². The summed E-state index contributed by atoms with van der Waals surface area (Å²) >= 11 is 10.5. The van der Waals surface area contributed by atoms with Crippen molar-refractivity contribution in [3.63, 3.8) is 0 Å². The molecule has 0 N–H and O–H groups in total. The van der Waals surface area contributed by atoms with E-state index >= 15 is 0 Å². The Kier molecular flexibility index (Phi) is 3.75. The molecule has 2 aromatic rings. The number of aromatic nitrogens is 3. The standard InChI is InChI=1S/C11H8ClF4N3OS/c1-5-3-8(7(13)4-6(5)12)18-9(20)19(11(14,15)16)17(2)10(18)21/h3-4H,1-2H3. The van der Waals surface area contributed by atoms with Crippen LogP contribution in [0.4, 0.5) is 17.6 Å². The lowest BCUT2D eigenvalue weighted by Gasteiger charge is -2.08. The highest BCUT2D eigenvalue weighted by atomic mass is 35.5. The van der Waals surface area contributed by atoms with Gasteiger partial charge in [-0.1, -0.05) is 11.6 Å². The van der Waals surface area contributed by atoms with Gasteiger partial charge in [0.15, 0.2) is 0 Å². The maximum atomic E-state index is 13.9. The molecule has 2 rings (SSSR count). The fourth-order valence-corrected chi connectivity index (χ4v) is 2.24. The van der Waals surface area contributed by atoms with Crippen molar-refractivity contribution < 1.29 is 17.6 Å². The monoisotopic (exact) mass is 341 g/mol. The zero-order valence-corrected chi connectivity index (χ0v) is 12.3. The Morgan fingerprint density at radius 2 is 1.86 bits per heavy atom. The van der Waals surface area contributed by atoms with E-state index in [9.17, 15) is 22.4 Å². The van der Waals surface area contributed by atoms with Crippen LogP contribution in [-0.4, -0.2) is 13.9 Å². The summed E-state index contributed by atoms with van der Waals surface area (Å²) in [6, 6.07) is 2.08. The van der Waals surface area contributed by atoms with Crippen molar-refractivity contribution in [1.82, 2.24) is 13.9 Å². The molecule has 0 saturated carbocycles. The number of halogens is 5. The van der Waals surface area contributed by atoms with E-state index in [1.807, 2.05) is 0 Å². The second kappa shape index (κ2) is 4.99. The fraction of sp³-hybridized carbons (Fsp3) is 0.273. The molecule has 1 aromatic carbocycles. The summed E-state index contributed by atoms with van der Waals surface area (Å²) in [4.78, 5) is 11.9. The van der Waals surface area contributed by atoms with Gasteiger partial charge in [-0.25, -0.2) is 13.8 Å². The van der Waals surface area contributed by atoms with E-state index in [1.165, 1.54) is 6.92 Å². The summed E-state index contributed by atoms with van der Waals surface area (Å²) in [6.45, 7) is 1.53. The third-order valence-corrected chi connectivity index (χ3v) is 3.70. The van der Waals surface area contributed by atoms with Gasteiger partial charge in [-0.3, -0.25) is 4.68 Å². The molecule has 4 nitrogen and oxygen atoms in total. The van der Waals surface area contributed by atoms with E-state index in [1.54, 1.807) is 0 Å². The molecule has 1 heterocycles. The Morgan fingerprint density at radius 3 is 2.33 bits per heavy atom. The highest BCUT2D eigenvalue weighted by Gasteiger charge is 2.37. The SMILES string of the molecule is Cc1cc(-n2c(=S)n(C)n(C(F)(F)F)c2=O)c(F)cc1Cl. The Hall–Kier alpha value is -1.61. The van der Waals surface area contributed by atoms with Crippen LogP contribution >= 0.6 is 23.8 Å². The minimum atomic E-state index is -4.97. The molecule has 0 aliphatic carbocycles. The number of hydrogen-bond acceptors (Lipinski definition) is 2. The summed E-state index contributed by atoms with van der Waals surface area (Å²) in [5.74, 6) is -0.946. The summed E-state index contributed by atoms with van der Waals surface area (Å²) in [7, 11) is 0.967. The van der Waals surface area contributed by atoms with Crippen molar-refractivity contribution in [2.45, 2.75) is 13.2 Å². The fourth-order valence-electron chi connectivity index (χ4n) is 1.83. The minimum absolute atomic E-state index is 0.0925. The van der Waals surface area contributed by atoms with Crippen LogP contribution in [-0.2, 0) is 13.3 Å². The van der Waals surface area contributed by atoms with E-state index in [-0.39, 0.29) is 10.7 Å². The Bertz CT molecular complexity index is 834. The van der Waals surface area contributed by atoms with Crippen LogP contribution in [0.1, 0.15) is 5.56 Å². The van der Waals surface area contributed by atoms with Gasteiger partial charge in [0.1, 0.15) is 5.82 Å². The molecule has 21 heavy (non-hydrogen) atoms. The quantitative estimate of drug-likeness (QED) is 0.589. The first-order valence-corrected chi connectivity index (χ1v) is 6.28. The second-order valence-electron chi connectivity index (χ2n) is 4.26. The molecule has 0 unspecified atom stereocenters. The highest BCUT2D eigenvalue weighted by molar-refractivity contribution is 7.71. The average Bonchev–Trinajstić information content (AvgIpc) is 2.55. The first kappa shape index (κ1) is 15.8. The average molecular weight is 342 g/mol. The van der Waals surface area contributed by atoms with Gasteiger partial charge in [0.05, 0.1) is 5.69 Å². The van der Waals surface area contributed by atoms with Crippen molar-refractivity contribution in [1.29, 1.82) is 0 Å². The largest absolute Gasteiger partial charge is 0.507 e. The molecule has 114 valence electrons. The molecule has 0 spiro atoms. The lowest BCUT2D eigenvalue weighted by Crippen LogP contribution is -2.35. The molecule has 0 fully saturated rings. The number of hydrogen-bond donors (Lipinski definition) is 0. The molecular weight excluding hydrogens is 334 g/mol. The zero-order chi connectivity index (χ0) is 16.1. The second-order valence-corrected chi connectivity index (χ2v) is 5.03. The third-order valence-electron chi connectivity index (χ3n) is 2.85. The van der Waals surface area contributed by atoms with Crippen LogP contribution in [0.3, 0.4) is 0 Å². The van der Waals surface area contributed by atoms with Gasteiger partial charge in [0, 0.05) is 12.1 Å². The van der Waals surface area contributed by atoms with E-state index in [0.717, 1.165) is 19.2 Å². The summed E-state index contributed by atoms with van der Waals surface area (Å²) in [6.07, 6.45) is -4.97. The van der Waals surface area contributed by atoms with Crippen LogP contribution in [0.5, 0.6) is 0 Å². The third kappa shape index (κ3) is 2.51. The van der Waals surface area contributed by atoms with Gasteiger partial charge in [-0.15, -0.1) is 17.9 Å². The molecule has 1 aromatic heterocycles. The Labute approximate surface area is 125 Å². The lowest BCUT2D eigenvalue weighted by atomic mass is 10.2. The van der Waals surface area contributed by atoms with E-state index in [2.05, 4.69) is 0 Å². The van der Waals surface area contributed by atoms with Crippen LogP contribution in [0.25, 0.3) is 5.69 Å². The van der Waals surface area contributed by atoms with Crippen molar-refractivity contribution in [2.24, 2.45) is 7.05 Å². The van der Waals surface area contributed by atoms with Gasteiger partial charge >= 0.3 is 12.0 Å². The van der Waals surface area contributed by atoms with Crippen molar-refractivity contribution in [2.75, 3.05) is 0 Å². The van der Waals surface area contributed by atoms with E-state index in [4.69, 9.17) is 23.8 Å². The molecule has 0 atom stereocenters. The molecule has 0 amide bonds. The molecular formula is C11H8ClF4N3OS. The number of rotatable bonds is 1. The van der Waals surface area contributed by atoms with Gasteiger partial charge in [-0.2, -0.15) is 0 Å². The molecule has 0 aliphatic rings. The van der Waals surface area contributed by atoms with Gasteiger partial charge < -0.3 is 0 Å². The smallest absolute Gasteiger partial charge is 0.252 e. The molecule has 0 bridgehead atoms. The first-order valence-electron chi connectivity index (χ1n) is 5.50. The predicted octanol–water partition coefficient (Wildman–Crippen LogP) is 3.28. The number of nitrogens with zero attached hydrogens (tertiary/aromatic N) is 3. The van der Waals surface area contributed by atoms with E-state index in [0.29, 0.717) is 14.8 Å². The van der Waals surface area contributed by atoms with Gasteiger partial charge in [-0.05, 0) is 36.8 Å². The normalized spacial score (nSPS) is 12.0. The zero-order valence-electron chi connectivity index (χ0n) is 10.7. The Morgan fingerprint density at radius 1 is 1.29 bits per heavy atom. The topological polar surface area (TPSA) is 31.9 Å². The van der Waals surface area contributed by atoms with Crippen molar-refractivity contribution in [3.05, 3.63) is 43.8 Å². The summed E-state index contributed by atoms with van der Waals surface area (Å²) in [5, 5.41) is 0.0925. The highest BCUT2D eigenvalue weighted by Crippen LogP contribution is 2.24. The number of alkyl halides is 3.